The molecule has 3 rings (SSSR count). The largest absolute Gasteiger partial charge is 0.355 e. The minimum atomic E-state index is -0.232. The van der Waals surface area contributed by atoms with E-state index < -0.39 is 0 Å². The summed E-state index contributed by atoms with van der Waals surface area (Å²) in [5.74, 6) is 1.10. The zero-order valence-electron chi connectivity index (χ0n) is 12.4. The Bertz CT molecular complexity index is 606. The number of nitrogens with zero attached hydrogens (tertiary/aromatic N) is 4. The van der Waals surface area contributed by atoms with Gasteiger partial charge in [0.2, 0.25) is 0 Å². The van der Waals surface area contributed by atoms with Crippen molar-refractivity contribution < 1.29 is 4.79 Å². The maximum Gasteiger partial charge on any atom is 0.258 e. The van der Waals surface area contributed by atoms with E-state index in [2.05, 4.69) is 25.4 Å². The highest BCUT2D eigenvalue weighted by atomic mass is 16.1. The molecule has 1 fully saturated rings. The monoisotopic (exact) mass is 297 g/mol. The molecule has 6 heteroatoms. The quantitative estimate of drug-likeness (QED) is 0.942. The van der Waals surface area contributed by atoms with E-state index in [1.54, 1.807) is 24.4 Å². The minimum absolute atomic E-state index is 0.232. The van der Waals surface area contributed by atoms with Crippen LogP contribution in [-0.2, 0) is 0 Å². The zero-order valence-corrected chi connectivity index (χ0v) is 12.4. The number of hydrogen-bond acceptors (Lipinski definition) is 5. The van der Waals surface area contributed by atoms with Gasteiger partial charge in [-0.25, -0.2) is 0 Å². The number of rotatable bonds is 3. The molecule has 1 amide bonds. The van der Waals surface area contributed by atoms with Crippen molar-refractivity contribution >= 4 is 17.5 Å². The van der Waals surface area contributed by atoms with E-state index in [1.807, 2.05) is 6.07 Å². The summed E-state index contributed by atoms with van der Waals surface area (Å²) in [6.07, 6.45) is 8.11. The number of carbonyl (C=O) groups is 1. The van der Waals surface area contributed by atoms with Gasteiger partial charge in [0, 0.05) is 25.5 Å². The van der Waals surface area contributed by atoms with Crippen LogP contribution in [0.4, 0.5) is 11.6 Å². The molecule has 1 saturated heterocycles. The normalized spacial score (nSPS) is 15.2. The van der Waals surface area contributed by atoms with Gasteiger partial charge in [-0.3, -0.25) is 9.78 Å². The van der Waals surface area contributed by atoms with Gasteiger partial charge in [0.1, 0.15) is 0 Å². The third-order valence-corrected chi connectivity index (χ3v) is 3.75. The van der Waals surface area contributed by atoms with Crippen LogP contribution in [0.5, 0.6) is 0 Å². The fourth-order valence-corrected chi connectivity index (χ4v) is 2.55. The van der Waals surface area contributed by atoms with Crippen molar-refractivity contribution in [3.05, 3.63) is 42.2 Å². The fourth-order valence-electron chi connectivity index (χ4n) is 2.55. The predicted octanol–water partition coefficient (Wildman–Crippen LogP) is 2.50. The second kappa shape index (κ2) is 6.98. The lowest BCUT2D eigenvalue weighted by Gasteiger charge is -2.20. The van der Waals surface area contributed by atoms with Gasteiger partial charge in [0.25, 0.3) is 5.91 Å². The second-order valence-electron chi connectivity index (χ2n) is 5.37. The van der Waals surface area contributed by atoms with Crippen LogP contribution in [0.1, 0.15) is 36.0 Å². The highest BCUT2D eigenvalue weighted by Gasteiger charge is 2.12. The number of aromatic nitrogens is 3. The summed E-state index contributed by atoms with van der Waals surface area (Å²) >= 11 is 0. The Balaban J connectivity index is 1.65. The van der Waals surface area contributed by atoms with Gasteiger partial charge in [-0.1, -0.05) is 12.8 Å². The Morgan fingerprint density at radius 1 is 1.05 bits per heavy atom. The van der Waals surface area contributed by atoms with Crippen LogP contribution >= 0.6 is 0 Å². The number of nitrogens with one attached hydrogen (secondary N) is 1. The molecule has 2 aromatic heterocycles. The van der Waals surface area contributed by atoms with Crippen molar-refractivity contribution in [2.75, 3.05) is 23.3 Å². The molecule has 0 aromatic carbocycles. The smallest absolute Gasteiger partial charge is 0.258 e. The van der Waals surface area contributed by atoms with Gasteiger partial charge in [0.15, 0.2) is 11.6 Å². The summed E-state index contributed by atoms with van der Waals surface area (Å²) in [7, 11) is 0. The standard InChI is InChI=1S/C16H19N5O/c22-16(13-6-5-9-17-12-13)18-14-7-8-15(20-19-14)21-10-3-1-2-4-11-21/h5-9,12H,1-4,10-11H2,(H,18,19,22). The average Bonchev–Trinajstić information content (AvgIpc) is 2.86. The van der Waals surface area contributed by atoms with E-state index in [0.717, 1.165) is 18.9 Å². The summed E-state index contributed by atoms with van der Waals surface area (Å²) in [6, 6.07) is 7.14. The molecule has 0 spiro atoms. The summed E-state index contributed by atoms with van der Waals surface area (Å²) in [6.45, 7) is 2.05. The van der Waals surface area contributed by atoms with Crippen LogP contribution in [0.3, 0.4) is 0 Å². The van der Waals surface area contributed by atoms with Crippen molar-refractivity contribution in [2.45, 2.75) is 25.7 Å². The predicted molar refractivity (Wildman–Crippen MR) is 84.9 cm³/mol. The molecule has 0 aliphatic carbocycles. The first-order valence-corrected chi connectivity index (χ1v) is 7.63. The molecule has 0 atom stereocenters. The maximum atomic E-state index is 12.0. The third-order valence-electron chi connectivity index (χ3n) is 3.75. The van der Waals surface area contributed by atoms with E-state index in [-0.39, 0.29) is 5.91 Å². The first kappa shape index (κ1) is 14.4. The number of amides is 1. The Kier molecular flexibility index (Phi) is 4.58. The fraction of sp³-hybridized carbons (Fsp3) is 0.375. The molecule has 0 unspecified atom stereocenters. The molecule has 0 bridgehead atoms. The Hall–Kier alpha value is -2.50. The molecular formula is C16H19N5O. The summed E-state index contributed by atoms with van der Waals surface area (Å²) < 4.78 is 0. The summed E-state index contributed by atoms with van der Waals surface area (Å²) in [5, 5.41) is 11.1. The van der Waals surface area contributed by atoms with Crippen molar-refractivity contribution in [3.63, 3.8) is 0 Å². The number of pyridine rings is 1. The van der Waals surface area contributed by atoms with E-state index in [4.69, 9.17) is 0 Å². The van der Waals surface area contributed by atoms with Gasteiger partial charge in [-0.15, -0.1) is 10.2 Å². The van der Waals surface area contributed by atoms with Gasteiger partial charge in [-0.2, -0.15) is 0 Å². The highest BCUT2D eigenvalue weighted by Crippen LogP contribution is 2.17. The van der Waals surface area contributed by atoms with Gasteiger partial charge < -0.3 is 10.2 Å². The first-order chi connectivity index (χ1) is 10.8. The van der Waals surface area contributed by atoms with Crippen LogP contribution < -0.4 is 10.2 Å². The molecule has 0 saturated carbocycles. The van der Waals surface area contributed by atoms with Crippen LogP contribution in [0, 0.1) is 0 Å². The lowest BCUT2D eigenvalue weighted by atomic mass is 10.2. The molecule has 6 nitrogen and oxygen atoms in total. The summed E-state index contributed by atoms with van der Waals surface area (Å²) in [5.41, 5.74) is 0.501. The molecule has 1 N–H and O–H groups in total. The first-order valence-electron chi connectivity index (χ1n) is 7.63. The van der Waals surface area contributed by atoms with Crippen LogP contribution in [0.25, 0.3) is 0 Å². The lowest BCUT2D eigenvalue weighted by Crippen LogP contribution is -2.25. The molecule has 2 aromatic rings. The van der Waals surface area contributed by atoms with Crippen molar-refractivity contribution in [1.82, 2.24) is 15.2 Å². The molecule has 1 aliphatic rings. The SMILES string of the molecule is O=C(Nc1ccc(N2CCCCCC2)nn1)c1cccnc1. The molecule has 1 aliphatic heterocycles. The van der Waals surface area contributed by atoms with Crippen molar-refractivity contribution in [2.24, 2.45) is 0 Å². The molecular weight excluding hydrogens is 278 g/mol. The maximum absolute atomic E-state index is 12.0. The molecule has 22 heavy (non-hydrogen) atoms. The number of anilines is 2. The second-order valence-corrected chi connectivity index (χ2v) is 5.37. The average molecular weight is 297 g/mol. The Morgan fingerprint density at radius 3 is 2.50 bits per heavy atom. The van der Waals surface area contributed by atoms with Gasteiger partial charge in [0.05, 0.1) is 5.56 Å². The Morgan fingerprint density at radius 2 is 1.86 bits per heavy atom. The number of carbonyl (C=O) groups excluding carboxylic acids is 1. The van der Waals surface area contributed by atoms with Crippen molar-refractivity contribution in [1.29, 1.82) is 0 Å². The van der Waals surface area contributed by atoms with Gasteiger partial charge in [-0.05, 0) is 37.1 Å². The number of hydrogen-bond donors (Lipinski definition) is 1. The van der Waals surface area contributed by atoms with Crippen molar-refractivity contribution in [3.8, 4) is 0 Å². The summed E-state index contributed by atoms with van der Waals surface area (Å²) in [4.78, 5) is 18.2. The minimum Gasteiger partial charge on any atom is -0.355 e. The van der Waals surface area contributed by atoms with E-state index in [1.165, 1.54) is 31.9 Å². The van der Waals surface area contributed by atoms with Crippen LogP contribution in [-0.4, -0.2) is 34.2 Å². The van der Waals surface area contributed by atoms with E-state index >= 15 is 0 Å². The van der Waals surface area contributed by atoms with Gasteiger partial charge >= 0.3 is 0 Å². The molecule has 3 heterocycles. The third kappa shape index (κ3) is 3.58. The topological polar surface area (TPSA) is 71.0 Å². The van der Waals surface area contributed by atoms with Crippen LogP contribution in [0.2, 0.25) is 0 Å². The molecule has 0 radical (unpaired) electrons. The lowest BCUT2D eigenvalue weighted by molar-refractivity contribution is 0.102. The van der Waals surface area contributed by atoms with Crippen LogP contribution in [0.15, 0.2) is 36.7 Å². The highest BCUT2D eigenvalue weighted by molar-refractivity contribution is 6.03. The van der Waals surface area contributed by atoms with E-state index in [0.29, 0.717) is 11.4 Å². The Labute approximate surface area is 129 Å². The van der Waals surface area contributed by atoms with E-state index in [9.17, 15) is 4.79 Å². The molecule has 114 valence electrons. The zero-order chi connectivity index (χ0) is 15.2.